The number of nitrogens with one attached hydrogen (secondary N) is 1. The van der Waals surface area contributed by atoms with Crippen LogP contribution in [-0.4, -0.2) is 35.9 Å². The van der Waals surface area contributed by atoms with E-state index in [0.717, 1.165) is 11.1 Å². The molecule has 0 unspecified atom stereocenters. The lowest BCUT2D eigenvalue weighted by molar-refractivity contribution is 0.119. The second kappa shape index (κ2) is 9.21. The quantitative estimate of drug-likeness (QED) is 0.427. The number of hydrogen-bond donors (Lipinski definition) is 1. The lowest BCUT2D eigenvalue weighted by atomic mass is 10.1. The normalized spacial score (nSPS) is 19.0. The van der Waals surface area contributed by atoms with Crippen molar-refractivity contribution in [2.24, 2.45) is 0 Å². The average Bonchev–Trinajstić information content (AvgIpc) is 2.93. The molecule has 9 heteroatoms. The molecule has 0 saturated carbocycles. The molecule has 1 heterocycles. The van der Waals surface area contributed by atoms with Gasteiger partial charge < -0.3 is 23.4 Å². The minimum atomic E-state index is -4.05. The van der Waals surface area contributed by atoms with Crippen LogP contribution in [0.4, 0.5) is 0 Å². The van der Waals surface area contributed by atoms with Crippen LogP contribution in [0.25, 0.3) is 0 Å². The van der Waals surface area contributed by atoms with Gasteiger partial charge in [-0.25, -0.2) is 0 Å². The van der Waals surface area contributed by atoms with Gasteiger partial charge in [0, 0.05) is 6.54 Å². The zero-order valence-corrected chi connectivity index (χ0v) is 20.5. The summed E-state index contributed by atoms with van der Waals surface area (Å²) in [5, 5.41) is 3.13. The van der Waals surface area contributed by atoms with E-state index in [1.807, 2.05) is 6.08 Å². The molecular formula is C20H35NO6P2. The highest BCUT2D eigenvalue weighted by atomic mass is 31.2. The second-order valence-electron chi connectivity index (χ2n) is 8.38. The minimum absolute atomic E-state index is 0.420. The molecule has 0 aromatic carbocycles. The van der Waals surface area contributed by atoms with Crippen LogP contribution in [0, 0.1) is 0 Å². The van der Waals surface area contributed by atoms with E-state index in [-0.39, 0.29) is 0 Å². The molecule has 0 radical (unpaired) electrons. The molecule has 2 aliphatic rings. The van der Waals surface area contributed by atoms with Crippen LogP contribution in [0.1, 0.15) is 55.4 Å². The van der Waals surface area contributed by atoms with Gasteiger partial charge in [-0.15, -0.1) is 0 Å². The smallest absolute Gasteiger partial charge is 0.357 e. The molecule has 1 aliphatic carbocycles. The van der Waals surface area contributed by atoms with E-state index in [1.165, 1.54) is 0 Å². The van der Waals surface area contributed by atoms with E-state index in [1.54, 1.807) is 73.7 Å². The summed E-state index contributed by atoms with van der Waals surface area (Å²) < 4.78 is 52.5. The molecular weight excluding hydrogens is 412 g/mol. The van der Waals surface area contributed by atoms with Gasteiger partial charge in [0.2, 0.25) is 4.90 Å². The van der Waals surface area contributed by atoms with Gasteiger partial charge >= 0.3 is 15.2 Å². The lowest BCUT2D eigenvalue weighted by Gasteiger charge is -2.40. The number of allylic oxidation sites excluding steroid dienone is 3. The summed E-state index contributed by atoms with van der Waals surface area (Å²) >= 11 is 0. The van der Waals surface area contributed by atoms with Crippen molar-refractivity contribution < 1.29 is 27.2 Å². The van der Waals surface area contributed by atoms with Crippen LogP contribution < -0.4 is 5.32 Å². The summed E-state index contributed by atoms with van der Waals surface area (Å²) in [6.07, 6.45) is 5.36. The highest BCUT2D eigenvalue weighted by Crippen LogP contribution is 2.81. The predicted molar refractivity (Wildman–Crippen MR) is 116 cm³/mol. The molecule has 0 fully saturated rings. The minimum Gasteiger partial charge on any atom is -0.387 e. The van der Waals surface area contributed by atoms with E-state index >= 15 is 0 Å². The van der Waals surface area contributed by atoms with Crippen molar-refractivity contribution in [3.8, 4) is 0 Å². The standard InChI is InChI=1S/C20H35NO6P2/c1-14(2)24-28(22,25-15(3)4)20(11-18-9-10-21-13-19(18)12-20)29(23,26-16(5)6)27-17(7)8/h9-12,14-17,21H,13H2,1-8H3. The number of rotatable bonds is 10. The van der Waals surface area contributed by atoms with Gasteiger partial charge in [-0.3, -0.25) is 9.13 Å². The zero-order valence-electron chi connectivity index (χ0n) is 18.7. The average molecular weight is 447 g/mol. The summed E-state index contributed by atoms with van der Waals surface area (Å²) in [7, 11) is -8.09. The Hall–Kier alpha value is -0.680. The predicted octanol–water partition coefficient (Wildman–Crippen LogP) is 5.75. The molecule has 1 N–H and O–H groups in total. The van der Waals surface area contributed by atoms with Gasteiger partial charge in [-0.05, 0) is 91.0 Å². The highest BCUT2D eigenvalue weighted by Gasteiger charge is 2.66. The largest absolute Gasteiger partial charge is 0.387 e. The first-order valence-electron chi connectivity index (χ1n) is 10.1. The lowest BCUT2D eigenvalue weighted by Crippen LogP contribution is -2.32. The third-order valence-electron chi connectivity index (χ3n) is 4.07. The fraction of sp³-hybridized carbons (Fsp3) is 0.700. The van der Waals surface area contributed by atoms with Crippen molar-refractivity contribution in [3.05, 3.63) is 35.6 Å². The number of hydrogen-bond acceptors (Lipinski definition) is 7. The van der Waals surface area contributed by atoms with Crippen LogP contribution in [-0.2, 0) is 27.2 Å². The monoisotopic (exact) mass is 447 g/mol. The third-order valence-corrected chi connectivity index (χ3v) is 10.6. The fourth-order valence-electron chi connectivity index (χ4n) is 3.29. The third kappa shape index (κ3) is 5.15. The van der Waals surface area contributed by atoms with Crippen molar-refractivity contribution in [2.45, 2.75) is 84.7 Å². The van der Waals surface area contributed by atoms with Crippen LogP contribution in [0.3, 0.4) is 0 Å². The Morgan fingerprint density at radius 2 is 1.21 bits per heavy atom. The SMILES string of the molecule is CC(C)OP(=O)(OC(C)C)C1(P(=O)(OC(C)C)OC(C)C)C=C2C=CNCC2=C1. The Bertz CT molecular complexity index is 716. The molecule has 0 saturated heterocycles. The maximum atomic E-state index is 14.4. The van der Waals surface area contributed by atoms with Gasteiger partial charge in [0.1, 0.15) is 0 Å². The van der Waals surface area contributed by atoms with Gasteiger partial charge in [0.25, 0.3) is 0 Å². The zero-order chi connectivity index (χ0) is 22.0. The molecule has 0 atom stereocenters. The van der Waals surface area contributed by atoms with Gasteiger partial charge in [0.15, 0.2) is 0 Å². The van der Waals surface area contributed by atoms with Crippen LogP contribution in [0.2, 0.25) is 0 Å². The van der Waals surface area contributed by atoms with Crippen molar-refractivity contribution in [1.29, 1.82) is 0 Å². The second-order valence-corrected chi connectivity index (χ2v) is 13.0. The van der Waals surface area contributed by atoms with E-state index in [9.17, 15) is 9.13 Å². The molecule has 166 valence electrons. The molecule has 29 heavy (non-hydrogen) atoms. The van der Waals surface area contributed by atoms with Gasteiger partial charge in [-0.1, -0.05) is 0 Å². The van der Waals surface area contributed by atoms with E-state index in [2.05, 4.69) is 5.32 Å². The Morgan fingerprint density at radius 3 is 1.55 bits per heavy atom. The Morgan fingerprint density at radius 1 is 0.793 bits per heavy atom. The van der Waals surface area contributed by atoms with Gasteiger partial charge in [0.05, 0.1) is 24.4 Å². The Labute approximate surface area is 175 Å². The van der Waals surface area contributed by atoms with Crippen LogP contribution in [0.5, 0.6) is 0 Å². The van der Waals surface area contributed by atoms with Crippen molar-refractivity contribution in [2.75, 3.05) is 6.54 Å². The molecule has 0 amide bonds. The summed E-state index contributed by atoms with van der Waals surface area (Å²) in [4.78, 5) is -1.68. The van der Waals surface area contributed by atoms with E-state index < -0.39 is 44.5 Å². The molecule has 0 aromatic rings. The first-order valence-corrected chi connectivity index (χ1v) is 13.2. The Kier molecular flexibility index (Phi) is 7.81. The molecule has 7 nitrogen and oxygen atoms in total. The van der Waals surface area contributed by atoms with Crippen molar-refractivity contribution in [3.63, 3.8) is 0 Å². The van der Waals surface area contributed by atoms with Crippen LogP contribution >= 0.6 is 15.2 Å². The Balaban J connectivity index is 2.80. The molecule has 0 spiro atoms. The first-order chi connectivity index (χ1) is 13.3. The summed E-state index contributed by atoms with van der Waals surface area (Å²) in [6, 6.07) is 0. The topological polar surface area (TPSA) is 83.1 Å². The van der Waals surface area contributed by atoms with Gasteiger partial charge in [-0.2, -0.15) is 0 Å². The summed E-state index contributed by atoms with van der Waals surface area (Å²) in [5.74, 6) is 0. The number of fused-ring (bicyclic) bond motifs is 1. The fourth-order valence-corrected chi connectivity index (χ4v) is 9.28. The van der Waals surface area contributed by atoms with Crippen LogP contribution in [0.15, 0.2) is 35.6 Å². The first kappa shape index (κ1) is 24.6. The summed E-state index contributed by atoms with van der Waals surface area (Å²) in [6.45, 7) is 14.7. The van der Waals surface area contributed by atoms with Crippen molar-refractivity contribution in [1.82, 2.24) is 5.32 Å². The molecule has 2 rings (SSSR count). The maximum absolute atomic E-state index is 14.4. The molecule has 1 aliphatic heterocycles. The molecule has 0 aromatic heterocycles. The molecule has 0 bridgehead atoms. The summed E-state index contributed by atoms with van der Waals surface area (Å²) in [5.41, 5.74) is 1.66. The highest BCUT2D eigenvalue weighted by molar-refractivity contribution is 7.75. The van der Waals surface area contributed by atoms with Crippen molar-refractivity contribution >= 4 is 15.2 Å². The van der Waals surface area contributed by atoms with E-state index in [0.29, 0.717) is 6.54 Å². The maximum Gasteiger partial charge on any atom is 0.357 e. The van der Waals surface area contributed by atoms with E-state index in [4.69, 9.17) is 18.1 Å².